The van der Waals surface area contributed by atoms with Gasteiger partial charge < -0.3 is 5.73 Å². The molecule has 2 heteroatoms. The first-order valence-electron chi connectivity index (χ1n) is 6.47. The monoisotopic (exact) mass is 210 g/mol. The second-order valence-corrected chi connectivity index (χ2v) is 6.51. The first-order chi connectivity index (χ1) is 6.98. The third-order valence-corrected chi connectivity index (χ3v) is 4.25. The fraction of sp³-hybridized carbons (Fsp3) is 1.00. The van der Waals surface area contributed by atoms with Gasteiger partial charge in [0, 0.05) is 18.6 Å². The van der Waals surface area contributed by atoms with Gasteiger partial charge in [0.1, 0.15) is 0 Å². The van der Waals surface area contributed by atoms with Crippen LogP contribution < -0.4 is 5.73 Å². The number of nitrogens with zero attached hydrogens (tertiary/aromatic N) is 1. The topological polar surface area (TPSA) is 29.3 Å². The molecule has 1 heterocycles. The molecule has 2 nitrogen and oxygen atoms in total. The lowest BCUT2D eigenvalue weighted by molar-refractivity contribution is 0.123. The van der Waals surface area contributed by atoms with Gasteiger partial charge in [-0.3, -0.25) is 4.90 Å². The summed E-state index contributed by atoms with van der Waals surface area (Å²) in [6, 6.07) is 1.22. The number of hydrogen-bond acceptors (Lipinski definition) is 2. The second-order valence-electron chi connectivity index (χ2n) is 6.51. The SMILES string of the molecule is CC1CC(C)(C)CC1N1CCCC(N)C1. The van der Waals surface area contributed by atoms with Crippen molar-refractivity contribution >= 4 is 0 Å². The summed E-state index contributed by atoms with van der Waals surface area (Å²) in [6.45, 7) is 9.64. The Balaban J connectivity index is 1.98. The van der Waals surface area contributed by atoms with E-state index in [4.69, 9.17) is 5.73 Å². The molecule has 1 saturated carbocycles. The van der Waals surface area contributed by atoms with Crippen LogP contribution in [0, 0.1) is 11.3 Å². The Hall–Kier alpha value is -0.0800. The van der Waals surface area contributed by atoms with Crippen molar-refractivity contribution in [2.24, 2.45) is 17.1 Å². The fourth-order valence-corrected chi connectivity index (χ4v) is 3.69. The highest BCUT2D eigenvalue weighted by Gasteiger charge is 2.40. The highest BCUT2D eigenvalue weighted by Crippen LogP contribution is 2.43. The van der Waals surface area contributed by atoms with Crippen LogP contribution in [-0.4, -0.2) is 30.1 Å². The normalized spacial score (nSPS) is 42.0. The zero-order valence-corrected chi connectivity index (χ0v) is 10.5. The minimum atomic E-state index is 0.426. The van der Waals surface area contributed by atoms with Gasteiger partial charge in [0.05, 0.1) is 0 Å². The molecule has 3 atom stereocenters. The van der Waals surface area contributed by atoms with Gasteiger partial charge in [0.15, 0.2) is 0 Å². The zero-order chi connectivity index (χ0) is 11.1. The minimum Gasteiger partial charge on any atom is -0.327 e. The molecule has 1 saturated heterocycles. The Morgan fingerprint density at radius 1 is 1.27 bits per heavy atom. The van der Waals surface area contributed by atoms with Crippen LogP contribution in [0.2, 0.25) is 0 Å². The Morgan fingerprint density at radius 3 is 2.53 bits per heavy atom. The van der Waals surface area contributed by atoms with Gasteiger partial charge in [0.25, 0.3) is 0 Å². The molecule has 2 aliphatic rings. The van der Waals surface area contributed by atoms with Crippen molar-refractivity contribution < 1.29 is 0 Å². The van der Waals surface area contributed by atoms with Crippen molar-refractivity contribution in [3.05, 3.63) is 0 Å². The largest absolute Gasteiger partial charge is 0.327 e. The lowest BCUT2D eigenvalue weighted by Gasteiger charge is -2.37. The quantitative estimate of drug-likeness (QED) is 0.719. The van der Waals surface area contributed by atoms with E-state index in [2.05, 4.69) is 25.7 Å². The van der Waals surface area contributed by atoms with E-state index in [9.17, 15) is 0 Å². The molecule has 88 valence electrons. The molecule has 1 aliphatic heterocycles. The average Bonchev–Trinajstić information content (AvgIpc) is 2.40. The maximum absolute atomic E-state index is 6.06. The second kappa shape index (κ2) is 4.06. The van der Waals surface area contributed by atoms with Crippen LogP contribution in [0.3, 0.4) is 0 Å². The summed E-state index contributed by atoms with van der Waals surface area (Å²) in [4.78, 5) is 2.66. The summed E-state index contributed by atoms with van der Waals surface area (Å²) >= 11 is 0. The number of rotatable bonds is 1. The van der Waals surface area contributed by atoms with E-state index in [-0.39, 0.29) is 0 Å². The third-order valence-electron chi connectivity index (χ3n) is 4.25. The predicted molar refractivity (Wildman–Crippen MR) is 64.7 cm³/mol. The molecule has 15 heavy (non-hydrogen) atoms. The van der Waals surface area contributed by atoms with Gasteiger partial charge >= 0.3 is 0 Å². The van der Waals surface area contributed by atoms with E-state index in [1.165, 1.54) is 32.2 Å². The molecule has 1 aliphatic carbocycles. The number of nitrogens with two attached hydrogens (primary N) is 1. The maximum atomic E-state index is 6.06. The van der Waals surface area contributed by atoms with Gasteiger partial charge in [-0.1, -0.05) is 20.8 Å². The van der Waals surface area contributed by atoms with Crippen LogP contribution in [0.4, 0.5) is 0 Å². The van der Waals surface area contributed by atoms with Gasteiger partial charge in [-0.05, 0) is 43.6 Å². The molecule has 0 aromatic carbocycles. The Morgan fingerprint density at radius 2 is 2.00 bits per heavy atom. The van der Waals surface area contributed by atoms with Crippen LogP contribution in [0.15, 0.2) is 0 Å². The van der Waals surface area contributed by atoms with Gasteiger partial charge in [-0.25, -0.2) is 0 Å². The van der Waals surface area contributed by atoms with Gasteiger partial charge in [-0.15, -0.1) is 0 Å². The molecule has 0 aromatic heterocycles. The maximum Gasteiger partial charge on any atom is 0.0168 e. The summed E-state index contributed by atoms with van der Waals surface area (Å²) in [6.07, 6.45) is 5.26. The van der Waals surface area contributed by atoms with Crippen LogP contribution >= 0.6 is 0 Å². The lowest BCUT2D eigenvalue weighted by atomic mass is 9.91. The van der Waals surface area contributed by atoms with Crippen molar-refractivity contribution in [2.75, 3.05) is 13.1 Å². The van der Waals surface area contributed by atoms with E-state index in [1.807, 2.05) is 0 Å². The molecular formula is C13H26N2. The Labute approximate surface area is 94.2 Å². The highest BCUT2D eigenvalue weighted by molar-refractivity contribution is 4.94. The van der Waals surface area contributed by atoms with Gasteiger partial charge in [-0.2, -0.15) is 0 Å². The van der Waals surface area contributed by atoms with E-state index >= 15 is 0 Å². The molecule has 0 radical (unpaired) electrons. The van der Waals surface area contributed by atoms with E-state index in [1.54, 1.807) is 0 Å². The molecule has 3 unspecified atom stereocenters. The number of likely N-dealkylation sites (tertiary alicyclic amines) is 1. The summed E-state index contributed by atoms with van der Waals surface area (Å²) in [5, 5.41) is 0. The number of piperidine rings is 1. The molecule has 0 spiro atoms. The molecule has 2 N–H and O–H groups in total. The zero-order valence-electron chi connectivity index (χ0n) is 10.5. The van der Waals surface area contributed by atoms with Crippen molar-refractivity contribution in [3.8, 4) is 0 Å². The summed E-state index contributed by atoms with van der Waals surface area (Å²) < 4.78 is 0. The predicted octanol–water partition coefficient (Wildman–Crippen LogP) is 2.23. The molecule has 2 fully saturated rings. The van der Waals surface area contributed by atoms with Crippen molar-refractivity contribution in [3.63, 3.8) is 0 Å². The summed E-state index contributed by atoms with van der Waals surface area (Å²) in [5.74, 6) is 0.852. The van der Waals surface area contributed by atoms with E-state index < -0.39 is 0 Å². The molecule has 2 rings (SSSR count). The van der Waals surface area contributed by atoms with Crippen LogP contribution in [-0.2, 0) is 0 Å². The summed E-state index contributed by atoms with van der Waals surface area (Å²) in [5.41, 5.74) is 6.61. The Kier molecular flexibility index (Phi) is 3.09. The smallest absolute Gasteiger partial charge is 0.0168 e. The first kappa shape index (κ1) is 11.4. The van der Waals surface area contributed by atoms with Crippen molar-refractivity contribution in [1.29, 1.82) is 0 Å². The first-order valence-corrected chi connectivity index (χ1v) is 6.47. The highest BCUT2D eigenvalue weighted by atomic mass is 15.2. The van der Waals surface area contributed by atoms with Crippen LogP contribution in [0.5, 0.6) is 0 Å². The van der Waals surface area contributed by atoms with Gasteiger partial charge in [0.2, 0.25) is 0 Å². The van der Waals surface area contributed by atoms with Crippen LogP contribution in [0.1, 0.15) is 46.5 Å². The van der Waals surface area contributed by atoms with E-state index in [0.29, 0.717) is 11.5 Å². The average molecular weight is 210 g/mol. The Bertz CT molecular complexity index is 225. The van der Waals surface area contributed by atoms with Crippen molar-refractivity contribution in [1.82, 2.24) is 4.90 Å². The lowest BCUT2D eigenvalue weighted by Crippen LogP contribution is -2.48. The van der Waals surface area contributed by atoms with Crippen molar-refractivity contribution in [2.45, 2.75) is 58.5 Å². The molecule has 0 aromatic rings. The third kappa shape index (κ3) is 2.54. The standard InChI is InChI=1S/C13H26N2/c1-10-7-13(2,3)8-12(10)15-6-4-5-11(14)9-15/h10-12H,4-9,14H2,1-3H3. The fourth-order valence-electron chi connectivity index (χ4n) is 3.69. The van der Waals surface area contributed by atoms with E-state index in [0.717, 1.165) is 18.5 Å². The molecule has 0 amide bonds. The number of hydrogen-bond donors (Lipinski definition) is 1. The van der Waals surface area contributed by atoms with Crippen LogP contribution in [0.25, 0.3) is 0 Å². The summed E-state index contributed by atoms with van der Waals surface area (Å²) in [7, 11) is 0. The molecular weight excluding hydrogens is 184 g/mol. The minimum absolute atomic E-state index is 0.426. The molecule has 0 bridgehead atoms.